The summed E-state index contributed by atoms with van der Waals surface area (Å²) in [6.07, 6.45) is 2.89. The molecular weight excluding hydrogens is 500 g/mol. The average Bonchev–Trinajstić information content (AvgIpc) is 3.53. The number of hydrogen-bond acceptors (Lipinski definition) is 8. The molecule has 2 fully saturated rings. The van der Waals surface area contributed by atoms with Crippen molar-refractivity contribution in [2.75, 3.05) is 19.7 Å². The standard InChI is InChI=1S/C24H29F2N3O6.ClH/c1-13(27)21-20(23(31)29-9-7-17(8-10-29)33-14(2)30)28-22(35-21)16-5-6-18(34-24(25)26)19(11-16)32-12-15-3-4-15;/h5-6,11,13,15,17,24H,3-4,7-10,12,27H2,1-2H3;1H/t13-;/m0./s1. The fourth-order valence-electron chi connectivity index (χ4n) is 3.92. The van der Waals surface area contributed by atoms with Crippen molar-refractivity contribution < 1.29 is 37.0 Å². The normalized spacial score (nSPS) is 16.9. The van der Waals surface area contributed by atoms with E-state index >= 15 is 0 Å². The Hall–Kier alpha value is -2.92. The van der Waals surface area contributed by atoms with E-state index in [0.29, 0.717) is 44.0 Å². The van der Waals surface area contributed by atoms with E-state index in [-0.39, 0.29) is 59.2 Å². The minimum Gasteiger partial charge on any atom is -0.489 e. The maximum absolute atomic E-state index is 13.2. The fourth-order valence-corrected chi connectivity index (χ4v) is 3.92. The molecule has 0 unspecified atom stereocenters. The maximum atomic E-state index is 13.2. The Labute approximate surface area is 213 Å². The number of oxazole rings is 1. The van der Waals surface area contributed by atoms with Gasteiger partial charge in [0.2, 0.25) is 5.89 Å². The molecule has 2 aliphatic rings. The molecule has 1 atom stereocenters. The third-order valence-corrected chi connectivity index (χ3v) is 5.91. The number of alkyl halides is 2. The Morgan fingerprint density at radius 3 is 2.47 bits per heavy atom. The number of hydrogen-bond donors (Lipinski definition) is 1. The number of aromatic nitrogens is 1. The van der Waals surface area contributed by atoms with Crippen molar-refractivity contribution in [2.45, 2.75) is 58.3 Å². The number of benzene rings is 1. The summed E-state index contributed by atoms with van der Waals surface area (Å²) in [4.78, 5) is 30.5. The van der Waals surface area contributed by atoms with Crippen LogP contribution in [0.2, 0.25) is 0 Å². The number of piperidine rings is 1. The molecule has 2 heterocycles. The van der Waals surface area contributed by atoms with Gasteiger partial charge in [-0.05, 0) is 43.9 Å². The summed E-state index contributed by atoms with van der Waals surface area (Å²) in [5.41, 5.74) is 6.59. The number of rotatable bonds is 9. The second-order valence-corrected chi connectivity index (χ2v) is 8.92. The van der Waals surface area contributed by atoms with Crippen LogP contribution in [0, 0.1) is 5.92 Å². The number of halogens is 3. The summed E-state index contributed by atoms with van der Waals surface area (Å²) in [6, 6.07) is 3.77. The van der Waals surface area contributed by atoms with E-state index < -0.39 is 12.7 Å². The molecule has 1 aromatic heterocycles. The van der Waals surface area contributed by atoms with Crippen LogP contribution in [0.4, 0.5) is 8.78 Å². The van der Waals surface area contributed by atoms with Crippen molar-refractivity contribution in [2.24, 2.45) is 11.7 Å². The van der Waals surface area contributed by atoms with Gasteiger partial charge in [0.1, 0.15) is 6.10 Å². The first-order valence-electron chi connectivity index (χ1n) is 11.7. The number of likely N-dealkylation sites (tertiary alicyclic amines) is 1. The largest absolute Gasteiger partial charge is 0.489 e. The molecule has 1 aromatic carbocycles. The van der Waals surface area contributed by atoms with Gasteiger partial charge in [0.05, 0.1) is 12.6 Å². The summed E-state index contributed by atoms with van der Waals surface area (Å²) in [5, 5.41) is 0. The predicted octanol–water partition coefficient (Wildman–Crippen LogP) is 4.34. The molecular formula is C24H30ClF2N3O6. The molecule has 0 bridgehead atoms. The highest BCUT2D eigenvalue weighted by atomic mass is 35.5. The minimum atomic E-state index is -3.00. The first kappa shape index (κ1) is 27.7. The summed E-state index contributed by atoms with van der Waals surface area (Å²) in [6.45, 7) is 1.24. The third-order valence-electron chi connectivity index (χ3n) is 5.91. The van der Waals surface area contributed by atoms with Crippen LogP contribution < -0.4 is 15.2 Å². The topological polar surface area (TPSA) is 117 Å². The highest BCUT2D eigenvalue weighted by Gasteiger charge is 2.31. The van der Waals surface area contributed by atoms with Crippen LogP contribution in [0.5, 0.6) is 11.5 Å². The first-order valence-corrected chi connectivity index (χ1v) is 11.7. The number of esters is 1. The van der Waals surface area contributed by atoms with Gasteiger partial charge in [0, 0.05) is 38.4 Å². The Morgan fingerprint density at radius 1 is 1.19 bits per heavy atom. The van der Waals surface area contributed by atoms with Crippen LogP contribution in [-0.2, 0) is 9.53 Å². The van der Waals surface area contributed by atoms with Gasteiger partial charge in [-0.2, -0.15) is 8.78 Å². The zero-order valence-electron chi connectivity index (χ0n) is 20.1. The van der Waals surface area contributed by atoms with Crippen LogP contribution in [0.1, 0.15) is 61.8 Å². The van der Waals surface area contributed by atoms with E-state index in [1.165, 1.54) is 25.1 Å². The van der Waals surface area contributed by atoms with Gasteiger partial charge in [-0.15, -0.1) is 12.4 Å². The molecule has 1 aliphatic heterocycles. The Kier molecular flexibility index (Phi) is 9.13. The van der Waals surface area contributed by atoms with E-state index in [2.05, 4.69) is 9.72 Å². The van der Waals surface area contributed by atoms with E-state index in [0.717, 1.165) is 12.8 Å². The lowest BCUT2D eigenvalue weighted by atomic mass is 10.1. The van der Waals surface area contributed by atoms with Crippen molar-refractivity contribution >= 4 is 24.3 Å². The number of carbonyl (C=O) groups excluding carboxylic acids is 2. The van der Waals surface area contributed by atoms with Crippen LogP contribution in [0.3, 0.4) is 0 Å². The van der Waals surface area contributed by atoms with Crippen molar-refractivity contribution in [1.82, 2.24) is 9.88 Å². The number of carbonyl (C=O) groups is 2. The molecule has 1 saturated carbocycles. The number of amides is 1. The monoisotopic (exact) mass is 529 g/mol. The Balaban J connectivity index is 0.00000361. The van der Waals surface area contributed by atoms with E-state index in [9.17, 15) is 18.4 Å². The zero-order valence-corrected chi connectivity index (χ0v) is 20.9. The molecule has 0 radical (unpaired) electrons. The lowest BCUT2D eigenvalue weighted by Crippen LogP contribution is -2.41. The van der Waals surface area contributed by atoms with E-state index in [1.54, 1.807) is 11.8 Å². The highest BCUT2D eigenvalue weighted by Crippen LogP contribution is 2.37. The second kappa shape index (κ2) is 11.9. The van der Waals surface area contributed by atoms with Crippen LogP contribution in [0.15, 0.2) is 22.6 Å². The molecule has 0 spiro atoms. The molecule has 9 nitrogen and oxygen atoms in total. The van der Waals surface area contributed by atoms with E-state index in [1.807, 2.05) is 0 Å². The lowest BCUT2D eigenvalue weighted by Gasteiger charge is -2.31. The quantitative estimate of drug-likeness (QED) is 0.477. The van der Waals surface area contributed by atoms with Gasteiger partial charge < -0.3 is 29.3 Å². The molecule has 198 valence electrons. The predicted molar refractivity (Wildman–Crippen MR) is 127 cm³/mol. The number of ether oxygens (including phenoxy) is 3. The van der Waals surface area contributed by atoms with Crippen molar-refractivity contribution in [3.8, 4) is 23.0 Å². The number of nitrogens with two attached hydrogens (primary N) is 1. The van der Waals surface area contributed by atoms with Crippen LogP contribution in [-0.4, -0.2) is 54.2 Å². The van der Waals surface area contributed by atoms with Gasteiger partial charge in [0.25, 0.3) is 5.91 Å². The van der Waals surface area contributed by atoms with Gasteiger partial charge in [-0.3, -0.25) is 9.59 Å². The molecule has 1 amide bonds. The van der Waals surface area contributed by atoms with Crippen LogP contribution in [0.25, 0.3) is 11.5 Å². The molecule has 1 saturated heterocycles. The third kappa shape index (κ3) is 6.85. The molecule has 2 aromatic rings. The maximum Gasteiger partial charge on any atom is 0.387 e. The van der Waals surface area contributed by atoms with Crippen molar-refractivity contribution in [1.29, 1.82) is 0 Å². The minimum absolute atomic E-state index is 0. The average molecular weight is 530 g/mol. The van der Waals surface area contributed by atoms with Gasteiger partial charge >= 0.3 is 12.6 Å². The molecule has 1 aliphatic carbocycles. The summed E-state index contributed by atoms with van der Waals surface area (Å²) >= 11 is 0. The van der Waals surface area contributed by atoms with Crippen LogP contribution >= 0.6 is 12.4 Å². The Bertz CT molecular complexity index is 1070. The lowest BCUT2D eigenvalue weighted by molar-refractivity contribution is -0.148. The zero-order chi connectivity index (χ0) is 25.1. The molecule has 36 heavy (non-hydrogen) atoms. The summed E-state index contributed by atoms with van der Waals surface area (Å²) in [5.74, 6) is 0.123. The second-order valence-electron chi connectivity index (χ2n) is 8.92. The van der Waals surface area contributed by atoms with Gasteiger partial charge in [-0.1, -0.05) is 0 Å². The fraction of sp³-hybridized carbons (Fsp3) is 0.542. The van der Waals surface area contributed by atoms with Crippen molar-refractivity contribution in [3.05, 3.63) is 29.7 Å². The highest BCUT2D eigenvalue weighted by molar-refractivity contribution is 5.94. The SMILES string of the molecule is CC(=O)OC1CCN(C(=O)c2nc(-c3ccc(OC(F)F)c(OCC4CC4)c3)oc2[C@H](C)N)CC1.Cl. The first-order chi connectivity index (χ1) is 16.7. The van der Waals surface area contributed by atoms with E-state index in [4.69, 9.17) is 19.6 Å². The Morgan fingerprint density at radius 2 is 1.89 bits per heavy atom. The summed E-state index contributed by atoms with van der Waals surface area (Å²) < 4.78 is 47.1. The molecule has 4 rings (SSSR count). The molecule has 2 N–H and O–H groups in total. The van der Waals surface area contributed by atoms with Crippen molar-refractivity contribution in [3.63, 3.8) is 0 Å². The molecule has 12 heteroatoms. The van der Waals surface area contributed by atoms with Gasteiger partial charge in [-0.25, -0.2) is 4.98 Å². The van der Waals surface area contributed by atoms with Gasteiger partial charge in [0.15, 0.2) is 23.0 Å². The number of nitrogens with zero attached hydrogens (tertiary/aromatic N) is 2. The smallest absolute Gasteiger partial charge is 0.387 e. The summed E-state index contributed by atoms with van der Waals surface area (Å²) in [7, 11) is 0.